The number of unbranched alkanes of at least 4 members (excludes halogenated alkanes) is 2. The van der Waals surface area contributed by atoms with E-state index >= 15 is 0 Å². The van der Waals surface area contributed by atoms with Gasteiger partial charge in [-0.05, 0) is 60.1 Å². The summed E-state index contributed by atoms with van der Waals surface area (Å²) in [5, 5.41) is 0. The van der Waals surface area contributed by atoms with Crippen LogP contribution in [0.2, 0.25) is 0 Å². The minimum absolute atomic E-state index is 0.0133. The fraction of sp³-hybridized carbons (Fsp3) is 0.459. The second kappa shape index (κ2) is 13.3. The van der Waals surface area contributed by atoms with E-state index in [1.165, 1.54) is 118 Å². The van der Waals surface area contributed by atoms with Crippen molar-refractivity contribution in [2.75, 3.05) is 0 Å². The summed E-state index contributed by atoms with van der Waals surface area (Å²) in [6, 6.07) is 18.1. The zero-order chi connectivity index (χ0) is 31.0. The first-order valence-corrected chi connectivity index (χ1v) is 19.9. The lowest BCUT2D eigenvalue weighted by Crippen LogP contribution is -2.31. The summed E-state index contributed by atoms with van der Waals surface area (Å²) in [6.07, 6.45) is 12.7. The van der Waals surface area contributed by atoms with Crippen LogP contribution in [-0.4, -0.2) is 17.5 Å². The Hall–Kier alpha value is -2.52. The lowest BCUT2D eigenvalue weighted by Gasteiger charge is -2.37. The highest BCUT2D eigenvalue weighted by Crippen LogP contribution is 2.63. The number of hydrogen-bond donors (Lipinski definition) is 0. The highest BCUT2D eigenvalue weighted by molar-refractivity contribution is 7.26. The Kier molecular flexibility index (Phi) is 9.19. The molecule has 6 aromatic rings. The van der Waals surface area contributed by atoms with E-state index in [-0.39, 0.29) is 5.41 Å². The molecule has 45 heavy (non-hydrogen) atoms. The molecule has 4 heterocycles. The van der Waals surface area contributed by atoms with Crippen LogP contribution < -0.4 is 0 Å². The molecular weight excluding hydrogens is 629 g/mol. The second-order valence-electron chi connectivity index (χ2n) is 12.9. The predicted octanol–water partition coefficient (Wildman–Crippen LogP) is 12.6. The molecule has 234 valence electrons. The lowest BCUT2D eigenvalue weighted by molar-refractivity contribution is 0.266. The third kappa shape index (κ3) is 5.60. The van der Waals surface area contributed by atoms with Crippen LogP contribution in [0, 0.1) is 11.8 Å². The molecule has 0 N–H and O–H groups in total. The van der Waals surface area contributed by atoms with Crippen molar-refractivity contribution in [1.29, 1.82) is 0 Å². The zero-order valence-electron chi connectivity index (χ0n) is 26.8. The molecule has 2 atom stereocenters. The highest BCUT2D eigenvalue weighted by Gasteiger charge is 2.48. The van der Waals surface area contributed by atoms with E-state index in [1.54, 1.807) is 11.1 Å². The van der Waals surface area contributed by atoms with E-state index in [1.807, 2.05) is 22.7 Å². The number of hydrogen-bond acceptors (Lipinski definition) is 8. The summed E-state index contributed by atoms with van der Waals surface area (Å²) in [7, 11) is 0. The average Bonchev–Trinajstić information content (AvgIpc) is 3.89. The number of fused-ring (bicyclic) bond motifs is 5. The Balaban J connectivity index is 1.44. The van der Waals surface area contributed by atoms with Gasteiger partial charge in [-0.1, -0.05) is 103 Å². The lowest BCUT2D eigenvalue weighted by atomic mass is 9.65. The van der Waals surface area contributed by atoms with Gasteiger partial charge < -0.3 is 0 Å². The minimum atomic E-state index is 0.0133. The molecule has 0 fully saturated rings. The predicted molar refractivity (Wildman–Crippen MR) is 197 cm³/mol. The SMILES string of the molecule is CCCCC(CC)CC1(CC(CC)CCCC)c2cc(-c3cccc4nsnc34)sc2-c2sc(-c3cccc4nsnc34)cc21. The first kappa shape index (κ1) is 31.1. The molecule has 0 bridgehead atoms. The first-order chi connectivity index (χ1) is 22.1. The molecule has 0 saturated carbocycles. The molecule has 0 aliphatic heterocycles. The third-order valence-corrected chi connectivity index (χ3v) is 13.8. The number of aromatic nitrogens is 4. The molecule has 0 amide bonds. The van der Waals surface area contributed by atoms with Crippen LogP contribution in [0.25, 0.3) is 52.7 Å². The van der Waals surface area contributed by atoms with E-state index < -0.39 is 0 Å². The van der Waals surface area contributed by atoms with Gasteiger partial charge in [-0.3, -0.25) is 0 Å². The van der Waals surface area contributed by atoms with Gasteiger partial charge in [0.05, 0.1) is 23.5 Å². The van der Waals surface area contributed by atoms with Crippen molar-refractivity contribution in [3.63, 3.8) is 0 Å². The van der Waals surface area contributed by atoms with Gasteiger partial charge in [0.25, 0.3) is 0 Å². The summed E-state index contributed by atoms with van der Waals surface area (Å²) in [6.45, 7) is 9.51. The maximum absolute atomic E-state index is 4.74. The zero-order valence-corrected chi connectivity index (χ0v) is 30.0. The molecular formula is C37H42N4S4. The molecule has 2 aromatic carbocycles. The minimum Gasteiger partial charge on any atom is -0.173 e. The molecule has 0 spiro atoms. The van der Waals surface area contributed by atoms with Gasteiger partial charge in [0, 0.05) is 36.1 Å². The van der Waals surface area contributed by atoms with E-state index in [9.17, 15) is 0 Å². The summed E-state index contributed by atoms with van der Waals surface area (Å²) in [4.78, 5) is 5.63. The molecule has 0 saturated heterocycles. The topological polar surface area (TPSA) is 51.6 Å². The van der Waals surface area contributed by atoms with Crippen molar-refractivity contribution in [2.45, 2.75) is 97.3 Å². The maximum Gasteiger partial charge on any atom is 0.113 e. The summed E-state index contributed by atoms with van der Waals surface area (Å²) in [5.74, 6) is 1.41. The van der Waals surface area contributed by atoms with Crippen LogP contribution in [0.3, 0.4) is 0 Å². The smallest absolute Gasteiger partial charge is 0.113 e. The summed E-state index contributed by atoms with van der Waals surface area (Å²) >= 11 is 6.59. The molecule has 7 rings (SSSR count). The molecule has 0 radical (unpaired) electrons. The average molecular weight is 671 g/mol. The molecule has 4 nitrogen and oxygen atoms in total. The van der Waals surface area contributed by atoms with Crippen LogP contribution in [0.1, 0.15) is 103 Å². The van der Waals surface area contributed by atoms with E-state index in [0.29, 0.717) is 11.8 Å². The van der Waals surface area contributed by atoms with Gasteiger partial charge in [-0.2, -0.15) is 17.5 Å². The van der Waals surface area contributed by atoms with Gasteiger partial charge in [0.15, 0.2) is 0 Å². The molecule has 2 unspecified atom stereocenters. The quantitative estimate of drug-likeness (QED) is 0.116. The maximum atomic E-state index is 4.74. The Morgan fingerprint density at radius 1 is 0.622 bits per heavy atom. The first-order valence-electron chi connectivity index (χ1n) is 16.8. The van der Waals surface area contributed by atoms with Crippen LogP contribution in [-0.2, 0) is 5.41 Å². The van der Waals surface area contributed by atoms with Crippen LogP contribution in [0.15, 0.2) is 48.5 Å². The van der Waals surface area contributed by atoms with Gasteiger partial charge >= 0.3 is 0 Å². The second-order valence-corrected chi connectivity index (χ2v) is 16.1. The van der Waals surface area contributed by atoms with E-state index in [4.69, 9.17) is 8.75 Å². The fourth-order valence-electron chi connectivity index (χ4n) is 7.65. The monoisotopic (exact) mass is 670 g/mol. The van der Waals surface area contributed by atoms with Crippen LogP contribution in [0.4, 0.5) is 0 Å². The number of nitrogens with zero attached hydrogens (tertiary/aromatic N) is 4. The number of benzene rings is 2. The van der Waals surface area contributed by atoms with Crippen LogP contribution >= 0.6 is 46.1 Å². The molecule has 1 aliphatic rings. The number of thiophene rings is 2. The Bertz CT molecular complexity index is 1770. The fourth-order valence-corrected chi connectivity index (χ4v) is 11.5. The Labute approximate surface area is 283 Å². The molecule has 1 aliphatic carbocycles. The van der Waals surface area contributed by atoms with Crippen molar-refractivity contribution >= 4 is 68.2 Å². The van der Waals surface area contributed by atoms with Gasteiger partial charge in [0.2, 0.25) is 0 Å². The summed E-state index contributed by atoms with van der Waals surface area (Å²) in [5.41, 5.74) is 9.68. The van der Waals surface area contributed by atoms with Crippen molar-refractivity contribution in [3.05, 3.63) is 59.7 Å². The van der Waals surface area contributed by atoms with Crippen molar-refractivity contribution < 1.29 is 0 Å². The Morgan fingerprint density at radius 2 is 1.09 bits per heavy atom. The summed E-state index contributed by atoms with van der Waals surface area (Å²) < 4.78 is 18.6. The van der Waals surface area contributed by atoms with Crippen molar-refractivity contribution in [3.8, 4) is 30.6 Å². The van der Waals surface area contributed by atoms with Gasteiger partial charge in [0.1, 0.15) is 22.1 Å². The standard InChI is InChI=1S/C37H42N4S4/c1-5-9-13-23(7-3)21-37(22-24(8-4)14-10-6-2)27-19-31(25-15-11-17-29-33(25)40-44-38-29)42-35(27)36-28(37)20-32(43-36)26-16-12-18-30-34(26)41-45-39-30/h11-12,15-20,23-24H,5-10,13-14,21-22H2,1-4H3. The van der Waals surface area contributed by atoms with Gasteiger partial charge in [-0.15, -0.1) is 22.7 Å². The molecule has 4 aromatic heterocycles. The van der Waals surface area contributed by atoms with Crippen LogP contribution in [0.5, 0.6) is 0 Å². The van der Waals surface area contributed by atoms with E-state index in [2.05, 4.69) is 85.0 Å². The largest absolute Gasteiger partial charge is 0.173 e. The van der Waals surface area contributed by atoms with Crippen molar-refractivity contribution in [2.24, 2.45) is 11.8 Å². The highest BCUT2D eigenvalue weighted by atomic mass is 32.1. The number of rotatable bonds is 14. The Morgan fingerprint density at radius 3 is 1.51 bits per heavy atom. The van der Waals surface area contributed by atoms with Crippen molar-refractivity contribution in [1.82, 2.24) is 17.5 Å². The molecule has 8 heteroatoms. The third-order valence-electron chi connectivity index (χ3n) is 10.2. The van der Waals surface area contributed by atoms with E-state index in [0.717, 1.165) is 22.1 Å². The van der Waals surface area contributed by atoms with Gasteiger partial charge in [-0.25, -0.2) is 0 Å². The normalized spacial score (nSPS) is 15.1.